The minimum Gasteiger partial charge on any atom is -0.497 e. The minimum atomic E-state index is 0.00993. The molecule has 0 bridgehead atoms. The molecule has 1 saturated heterocycles. The Hall–Kier alpha value is -1.77. The summed E-state index contributed by atoms with van der Waals surface area (Å²) in [7, 11) is 0. The summed E-state index contributed by atoms with van der Waals surface area (Å²) >= 11 is 0. The lowest BCUT2D eigenvalue weighted by Gasteiger charge is -2.27. The number of nitrogens with zero attached hydrogens (tertiary/aromatic N) is 1. The standard InChI is InChI=1S/C18H23NO2/c1-14-5-7-15(8-6-14)16-11-17(21-13-16)12-18(20)19-9-3-2-4-10-19/h5-8,13,17H,2-4,9-12H2,1H3. The van der Waals surface area contributed by atoms with Gasteiger partial charge >= 0.3 is 0 Å². The van der Waals surface area contributed by atoms with Crippen LogP contribution >= 0.6 is 0 Å². The third-order valence-corrected chi connectivity index (χ3v) is 4.38. The van der Waals surface area contributed by atoms with Gasteiger partial charge in [0.25, 0.3) is 0 Å². The van der Waals surface area contributed by atoms with Gasteiger partial charge in [0, 0.05) is 19.5 Å². The fourth-order valence-electron chi connectivity index (χ4n) is 3.06. The first-order valence-corrected chi connectivity index (χ1v) is 7.92. The van der Waals surface area contributed by atoms with Crippen molar-refractivity contribution in [3.63, 3.8) is 0 Å². The lowest BCUT2D eigenvalue weighted by atomic mass is 10.00. The molecule has 2 aliphatic rings. The Morgan fingerprint density at radius 1 is 1.19 bits per heavy atom. The van der Waals surface area contributed by atoms with Crippen molar-refractivity contribution in [2.75, 3.05) is 13.1 Å². The van der Waals surface area contributed by atoms with Gasteiger partial charge in [-0.15, -0.1) is 0 Å². The van der Waals surface area contributed by atoms with Gasteiger partial charge in [-0.2, -0.15) is 0 Å². The molecule has 0 aliphatic carbocycles. The smallest absolute Gasteiger partial charge is 0.226 e. The highest BCUT2D eigenvalue weighted by Gasteiger charge is 2.25. The lowest BCUT2D eigenvalue weighted by molar-refractivity contribution is -0.134. The van der Waals surface area contributed by atoms with Gasteiger partial charge in [-0.1, -0.05) is 29.8 Å². The maximum atomic E-state index is 12.3. The molecule has 0 N–H and O–H groups in total. The third-order valence-electron chi connectivity index (χ3n) is 4.38. The first kappa shape index (κ1) is 14.2. The molecule has 2 aliphatic heterocycles. The van der Waals surface area contributed by atoms with Gasteiger partial charge in [0.15, 0.2) is 0 Å². The van der Waals surface area contributed by atoms with Crippen LogP contribution < -0.4 is 0 Å². The van der Waals surface area contributed by atoms with E-state index in [0.29, 0.717) is 6.42 Å². The zero-order chi connectivity index (χ0) is 14.7. The predicted octanol–water partition coefficient (Wildman–Crippen LogP) is 3.53. The summed E-state index contributed by atoms with van der Waals surface area (Å²) < 4.78 is 5.70. The first-order chi connectivity index (χ1) is 10.2. The van der Waals surface area contributed by atoms with Crippen LogP contribution in [0.5, 0.6) is 0 Å². The summed E-state index contributed by atoms with van der Waals surface area (Å²) in [5, 5.41) is 0. The molecule has 0 radical (unpaired) electrons. The van der Waals surface area contributed by atoms with Crippen molar-refractivity contribution in [3.8, 4) is 0 Å². The average Bonchev–Trinajstić information content (AvgIpc) is 2.97. The van der Waals surface area contributed by atoms with Crippen LogP contribution in [0.1, 0.15) is 43.2 Å². The molecule has 1 aromatic carbocycles. The Morgan fingerprint density at radius 2 is 1.90 bits per heavy atom. The molecule has 1 amide bonds. The number of amides is 1. The van der Waals surface area contributed by atoms with Crippen molar-refractivity contribution < 1.29 is 9.53 Å². The van der Waals surface area contributed by atoms with Crippen LogP contribution in [-0.2, 0) is 9.53 Å². The molecular weight excluding hydrogens is 262 g/mol. The number of benzene rings is 1. The van der Waals surface area contributed by atoms with Gasteiger partial charge in [0.1, 0.15) is 6.10 Å². The second-order valence-electron chi connectivity index (χ2n) is 6.12. The molecule has 1 aromatic rings. The quantitative estimate of drug-likeness (QED) is 0.850. The van der Waals surface area contributed by atoms with Gasteiger partial charge < -0.3 is 9.64 Å². The van der Waals surface area contributed by atoms with Crippen molar-refractivity contribution in [3.05, 3.63) is 41.7 Å². The molecule has 3 rings (SSSR count). The molecule has 1 fully saturated rings. The summed E-state index contributed by atoms with van der Waals surface area (Å²) in [6, 6.07) is 8.48. The fourth-order valence-corrected chi connectivity index (χ4v) is 3.06. The second kappa shape index (κ2) is 6.33. The van der Waals surface area contributed by atoms with E-state index in [1.165, 1.54) is 23.1 Å². The van der Waals surface area contributed by atoms with Crippen molar-refractivity contribution >= 4 is 11.5 Å². The van der Waals surface area contributed by atoms with E-state index in [0.717, 1.165) is 32.4 Å². The van der Waals surface area contributed by atoms with Crippen LogP contribution in [-0.4, -0.2) is 30.0 Å². The van der Waals surface area contributed by atoms with E-state index in [1.54, 1.807) is 0 Å². The van der Waals surface area contributed by atoms with E-state index in [4.69, 9.17) is 4.74 Å². The molecule has 0 spiro atoms. The second-order valence-corrected chi connectivity index (χ2v) is 6.12. The van der Waals surface area contributed by atoms with Crippen LogP contribution in [0.15, 0.2) is 30.5 Å². The highest BCUT2D eigenvalue weighted by Crippen LogP contribution is 2.29. The molecule has 1 atom stereocenters. The normalized spacial score (nSPS) is 21.9. The Bertz CT molecular complexity index is 527. The average molecular weight is 285 g/mol. The monoisotopic (exact) mass is 285 g/mol. The highest BCUT2D eigenvalue weighted by atomic mass is 16.5. The predicted molar refractivity (Wildman–Crippen MR) is 83.7 cm³/mol. The summed E-state index contributed by atoms with van der Waals surface area (Å²) in [5.41, 5.74) is 3.66. The molecule has 3 nitrogen and oxygen atoms in total. The number of hydrogen-bond acceptors (Lipinski definition) is 2. The SMILES string of the molecule is Cc1ccc(C2=COC(CC(=O)N3CCCCC3)C2)cc1. The number of aryl methyl sites for hydroxylation is 1. The van der Waals surface area contributed by atoms with E-state index >= 15 is 0 Å². The van der Waals surface area contributed by atoms with Crippen molar-refractivity contribution in [2.24, 2.45) is 0 Å². The minimum absolute atomic E-state index is 0.00993. The van der Waals surface area contributed by atoms with E-state index in [1.807, 2.05) is 11.2 Å². The van der Waals surface area contributed by atoms with Crippen molar-refractivity contribution in [1.82, 2.24) is 4.90 Å². The molecule has 2 heterocycles. The maximum absolute atomic E-state index is 12.3. The van der Waals surface area contributed by atoms with Crippen molar-refractivity contribution in [2.45, 2.75) is 45.1 Å². The number of hydrogen-bond donors (Lipinski definition) is 0. The Morgan fingerprint density at radius 3 is 2.62 bits per heavy atom. The molecule has 1 unspecified atom stereocenters. The van der Waals surface area contributed by atoms with Crippen LogP contribution in [0, 0.1) is 6.92 Å². The van der Waals surface area contributed by atoms with E-state index in [9.17, 15) is 4.79 Å². The Kier molecular flexibility index (Phi) is 4.28. The summed E-state index contributed by atoms with van der Waals surface area (Å²) in [6.07, 6.45) is 6.72. The number of piperidine rings is 1. The van der Waals surface area contributed by atoms with Gasteiger partial charge in [-0.05, 0) is 37.3 Å². The first-order valence-electron chi connectivity index (χ1n) is 7.92. The summed E-state index contributed by atoms with van der Waals surface area (Å²) in [5.74, 6) is 0.248. The lowest BCUT2D eigenvalue weighted by Crippen LogP contribution is -2.37. The van der Waals surface area contributed by atoms with Gasteiger partial charge in [0.2, 0.25) is 5.91 Å². The number of likely N-dealkylation sites (tertiary alicyclic amines) is 1. The molecule has 21 heavy (non-hydrogen) atoms. The zero-order valence-corrected chi connectivity index (χ0v) is 12.7. The molecule has 3 heteroatoms. The zero-order valence-electron chi connectivity index (χ0n) is 12.7. The maximum Gasteiger partial charge on any atom is 0.226 e. The summed E-state index contributed by atoms with van der Waals surface area (Å²) in [4.78, 5) is 14.3. The molecule has 112 valence electrons. The van der Waals surface area contributed by atoms with Crippen LogP contribution in [0.3, 0.4) is 0 Å². The Balaban J connectivity index is 1.53. The van der Waals surface area contributed by atoms with Crippen LogP contribution in [0.2, 0.25) is 0 Å². The fraction of sp³-hybridized carbons (Fsp3) is 0.500. The highest BCUT2D eigenvalue weighted by molar-refractivity contribution is 5.77. The number of carbonyl (C=O) groups excluding carboxylic acids is 1. The number of rotatable bonds is 3. The number of carbonyl (C=O) groups is 1. The number of ether oxygens (including phenoxy) is 1. The van der Waals surface area contributed by atoms with Gasteiger partial charge in [-0.3, -0.25) is 4.79 Å². The third kappa shape index (κ3) is 3.46. The Labute approximate surface area is 126 Å². The molecule has 0 aromatic heterocycles. The summed E-state index contributed by atoms with van der Waals surface area (Å²) in [6.45, 7) is 3.93. The topological polar surface area (TPSA) is 29.5 Å². The van der Waals surface area contributed by atoms with Crippen LogP contribution in [0.25, 0.3) is 5.57 Å². The van der Waals surface area contributed by atoms with E-state index in [2.05, 4.69) is 31.2 Å². The van der Waals surface area contributed by atoms with E-state index in [-0.39, 0.29) is 12.0 Å². The largest absolute Gasteiger partial charge is 0.497 e. The van der Waals surface area contributed by atoms with Crippen LogP contribution in [0.4, 0.5) is 0 Å². The van der Waals surface area contributed by atoms with Crippen molar-refractivity contribution in [1.29, 1.82) is 0 Å². The van der Waals surface area contributed by atoms with Gasteiger partial charge in [-0.25, -0.2) is 0 Å². The molecule has 0 saturated carbocycles. The van der Waals surface area contributed by atoms with E-state index < -0.39 is 0 Å². The molecular formula is C18H23NO2. The van der Waals surface area contributed by atoms with Gasteiger partial charge in [0.05, 0.1) is 12.7 Å².